The predicted octanol–water partition coefficient (Wildman–Crippen LogP) is 2.35. The van der Waals surface area contributed by atoms with Crippen molar-refractivity contribution in [3.8, 4) is 11.5 Å². The van der Waals surface area contributed by atoms with Crippen LogP contribution in [0.4, 0.5) is 5.69 Å². The molecule has 0 radical (unpaired) electrons. The molecule has 4 heteroatoms. The molecule has 0 bridgehead atoms. The largest absolute Gasteiger partial charge is 0.486 e. The molecule has 1 fully saturated rings. The minimum atomic E-state index is 0.574. The summed E-state index contributed by atoms with van der Waals surface area (Å²) in [6.45, 7) is 7.07. The van der Waals surface area contributed by atoms with Gasteiger partial charge < -0.3 is 19.7 Å². The summed E-state index contributed by atoms with van der Waals surface area (Å²) in [6.07, 6.45) is 2.42. The molecule has 0 aromatic heterocycles. The third-order valence-corrected chi connectivity index (χ3v) is 3.95. The number of rotatable bonds is 3. The number of ether oxygens (including phenoxy) is 2. The van der Waals surface area contributed by atoms with Crippen LogP contribution in [0, 0.1) is 0 Å². The number of nitrogens with zero attached hydrogens (tertiary/aromatic N) is 1. The summed E-state index contributed by atoms with van der Waals surface area (Å²) in [6, 6.07) is 6.71. The van der Waals surface area contributed by atoms with E-state index in [1.807, 2.05) is 6.07 Å². The van der Waals surface area contributed by atoms with Crippen molar-refractivity contribution < 1.29 is 9.47 Å². The van der Waals surface area contributed by atoms with Gasteiger partial charge >= 0.3 is 0 Å². The minimum absolute atomic E-state index is 0.574. The molecule has 1 aromatic carbocycles. The fourth-order valence-electron chi connectivity index (χ4n) is 2.76. The first-order valence-electron chi connectivity index (χ1n) is 7.23. The van der Waals surface area contributed by atoms with E-state index >= 15 is 0 Å². The van der Waals surface area contributed by atoms with E-state index in [0.717, 1.165) is 23.7 Å². The van der Waals surface area contributed by atoms with Gasteiger partial charge in [0.05, 0.1) is 0 Å². The first-order valence-corrected chi connectivity index (χ1v) is 7.23. The summed E-state index contributed by atoms with van der Waals surface area (Å²) >= 11 is 0. The Bertz CT molecular complexity index is 428. The molecule has 0 spiro atoms. The Balaban J connectivity index is 1.61. The van der Waals surface area contributed by atoms with Gasteiger partial charge in [-0.25, -0.2) is 0 Å². The number of nitrogens with one attached hydrogen (secondary N) is 1. The fourth-order valence-corrected chi connectivity index (χ4v) is 2.76. The van der Waals surface area contributed by atoms with Crippen LogP contribution < -0.4 is 14.8 Å². The molecule has 19 heavy (non-hydrogen) atoms. The van der Waals surface area contributed by atoms with Crippen molar-refractivity contribution in [2.45, 2.75) is 25.8 Å². The van der Waals surface area contributed by atoms with Crippen LogP contribution in [-0.4, -0.2) is 43.8 Å². The number of anilines is 1. The van der Waals surface area contributed by atoms with Gasteiger partial charge in [-0.3, -0.25) is 0 Å². The third-order valence-electron chi connectivity index (χ3n) is 3.95. The van der Waals surface area contributed by atoms with Crippen molar-refractivity contribution in [1.82, 2.24) is 4.90 Å². The van der Waals surface area contributed by atoms with Gasteiger partial charge in [0.15, 0.2) is 11.5 Å². The fraction of sp³-hybridized carbons (Fsp3) is 0.600. The highest BCUT2D eigenvalue weighted by Gasteiger charge is 2.18. The zero-order chi connectivity index (χ0) is 13.1. The molecule has 4 nitrogen and oxygen atoms in total. The van der Waals surface area contributed by atoms with Crippen LogP contribution in [0.2, 0.25) is 0 Å². The lowest BCUT2D eigenvalue weighted by molar-refractivity contribution is 0.171. The van der Waals surface area contributed by atoms with Gasteiger partial charge in [0.1, 0.15) is 13.2 Å². The first-order chi connectivity index (χ1) is 9.35. The maximum absolute atomic E-state index is 5.61. The monoisotopic (exact) mass is 262 g/mol. The molecule has 0 amide bonds. The van der Waals surface area contributed by atoms with Gasteiger partial charge in [0, 0.05) is 30.9 Å². The number of hydrogen-bond donors (Lipinski definition) is 1. The quantitative estimate of drug-likeness (QED) is 0.906. The molecule has 1 aromatic rings. The van der Waals surface area contributed by atoms with Crippen LogP contribution in [0.3, 0.4) is 0 Å². The van der Waals surface area contributed by atoms with Crippen LogP contribution in [0.25, 0.3) is 0 Å². The number of hydrogen-bond acceptors (Lipinski definition) is 4. The normalized spacial score (nSPS) is 20.3. The first kappa shape index (κ1) is 12.6. The van der Waals surface area contributed by atoms with Crippen molar-refractivity contribution in [2.75, 3.05) is 38.2 Å². The highest BCUT2D eigenvalue weighted by atomic mass is 16.6. The van der Waals surface area contributed by atoms with Gasteiger partial charge in [-0.2, -0.15) is 0 Å². The maximum Gasteiger partial charge on any atom is 0.163 e. The third kappa shape index (κ3) is 2.95. The summed E-state index contributed by atoms with van der Waals surface area (Å²) in [4.78, 5) is 2.50. The second-order valence-corrected chi connectivity index (χ2v) is 5.21. The molecule has 2 heterocycles. The molecule has 0 atom stereocenters. The molecule has 0 aliphatic carbocycles. The van der Waals surface area contributed by atoms with E-state index in [9.17, 15) is 0 Å². The average molecular weight is 262 g/mol. The van der Waals surface area contributed by atoms with Crippen molar-refractivity contribution in [3.05, 3.63) is 18.2 Å². The zero-order valence-corrected chi connectivity index (χ0v) is 11.5. The average Bonchev–Trinajstić information content (AvgIpc) is 2.48. The molecule has 3 rings (SSSR count). The molecule has 2 aliphatic heterocycles. The molecule has 0 unspecified atom stereocenters. The second kappa shape index (κ2) is 5.70. The summed E-state index contributed by atoms with van der Waals surface area (Å²) in [5.41, 5.74) is 1.14. The van der Waals surface area contributed by atoms with Gasteiger partial charge in [-0.15, -0.1) is 0 Å². The lowest BCUT2D eigenvalue weighted by Crippen LogP contribution is -2.38. The van der Waals surface area contributed by atoms with E-state index in [1.165, 1.54) is 25.9 Å². The topological polar surface area (TPSA) is 33.7 Å². The van der Waals surface area contributed by atoms with Crippen LogP contribution in [-0.2, 0) is 0 Å². The predicted molar refractivity (Wildman–Crippen MR) is 76.2 cm³/mol. The molecule has 1 saturated heterocycles. The SMILES string of the molecule is CCN1CCC(Nc2ccc3c(c2)OCCO3)CC1. The molecular weight excluding hydrogens is 240 g/mol. The van der Waals surface area contributed by atoms with Crippen molar-refractivity contribution >= 4 is 5.69 Å². The van der Waals surface area contributed by atoms with Crippen LogP contribution in [0.15, 0.2) is 18.2 Å². The number of benzene rings is 1. The Hall–Kier alpha value is -1.42. The van der Waals surface area contributed by atoms with E-state index in [-0.39, 0.29) is 0 Å². The Morgan fingerprint density at radius 1 is 1.16 bits per heavy atom. The van der Waals surface area contributed by atoms with E-state index in [4.69, 9.17) is 9.47 Å². The van der Waals surface area contributed by atoms with Crippen molar-refractivity contribution in [1.29, 1.82) is 0 Å². The van der Waals surface area contributed by atoms with Gasteiger partial charge in [-0.1, -0.05) is 6.92 Å². The Kier molecular flexibility index (Phi) is 3.78. The van der Waals surface area contributed by atoms with E-state index < -0.39 is 0 Å². The van der Waals surface area contributed by atoms with E-state index in [2.05, 4.69) is 29.3 Å². The van der Waals surface area contributed by atoms with Gasteiger partial charge in [0.25, 0.3) is 0 Å². The van der Waals surface area contributed by atoms with Gasteiger partial charge in [0.2, 0.25) is 0 Å². The summed E-state index contributed by atoms with van der Waals surface area (Å²) in [7, 11) is 0. The lowest BCUT2D eigenvalue weighted by atomic mass is 10.0. The summed E-state index contributed by atoms with van der Waals surface area (Å²) < 4.78 is 11.2. The summed E-state index contributed by atoms with van der Waals surface area (Å²) in [5.74, 6) is 1.72. The second-order valence-electron chi connectivity index (χ2n) is 5.21. The number of fused-ring (bicyclic) bond motifs is 1. The van der Waals surface area contributed by atoms with E-state index in [1.54, 1.807) is 0 Å². The highest BCUT2D eigenvalue weighted by molar-refractivity contribution is 5.55. The Morgan fingerprint density at radius 3 is 2.63 bits per heavy atom. The Morgan fingerprint density at radius 2 is 1.89 bits per heavy atom. The molecule has 2 aliphatic rings. The maximum atomic E-state index is 5.61. The minimum Gasteiger partial charge on any atom is -0.486 e. The van der Waals surface area contributed by atoms with E-state index in [0.29, 0.717) is 19.3 Å². The lowest BCUT2D eigenvalue weighted by Gasteiger charge is -2.32. The molecule has 1 N–H and O–H groups in total. The number of likely N-dealkylation sites (tertiary alicyclic amines) is 1. The van der Waals surface area contributed by atoms with Gasteiger partial charge in [-0.05, 0) is 31.5 Å². The zero-order valence-electron chi connectivity index (χ0n) is 11.5. The number of piperidine rings is 1. The van der Waals surface area contributed by atoms with Crippen LogP contribution >= 0.6 is 0 Å². The smallest absolute Gasteiger partial charge is 0.163 e. The summed E-state index contributed by atoms with van der Waals surface area (Å²) in [5, 5.41) is 3.61. The van der Waals surface area contributed by atoms with Crippen LogP contribution in [0.1, 0.15) is 19.8 Å². The highest BCUT2D eigenvalue weighted by Crippen LogP contribution is 2.33. The molecule has 104 valence electrons. The molecular formula is C15H22N2O2. The molecule has 0 saturated carbocycles. The van der Waals surface area contributed by atoms with Crippen molar-refractivity contribution in [3.63, 3.8) is 0 Å². The standard InChI is InChI=1S/C15H22N2O2/c1-2-17-7-5-12(6-8-17)16-13-3-4-14-15(11-13)19-10-9-18-14/h3-4,11-12,16H,2,5-10H2,1H3. The Labute approximate surface area is 114 Å². The van der Waals surface area contributed by atoms with Crippen LogP contribution in [0.5, 0.6) is 11.5 Å². The van der Waals surface area contributed by atoms with Crippen molar-refractivity contribution in [2.24, 2.45) is 0 Å².